The van der Waals surface area contributed by atoms with Crippen LogP contribution in [0.1, 0.15) is 35.7 Å². The van der Waals surface area contributed by atoms with Crippen molar-refractivity contribution in [3.63, 3.8) is 0 Å². The van der Waals surface area contributed by atoms with E-state index in [-0.39, 0.29) is 0 Å². The van der Waals surface area contributed by atoms with Crippen LogP contribution in [0.15, 0.2) is 18.2 Å². The average molecular weight is 310 g/mol. The topological polar surface area (TPSA) is 58.4 Å². The van der Waals surface area contributed by atoms with Crippen LogP contribution in [0.5, 0.6) is 0 Å². The SMILES string of the molecule is CCN(Cc1ccc(C(N)=O)cc1Cl)CC1CCCNC1. The van der Waals surface area contributed by atoms with Crippen molar-refractivity contribution in [1.29, 1.82) is 0 Å². The smallest absolute Gasteiger partial charge is 0.248 e. The van der Waals surface area contributed by atoms with E-state index in [0.717, 1.165) is 38.3 Å². The lowest BCUT2D eigenvalue weighted by Gasteiger charge is -2.29. The number of piperidine rings is 1. The lowest BCUT2D eigenvalue weighted by molar-refractivity contribution is 0.100. The Morgan fingerprint density at radius 2 is 2.33 bits per heavy atom. The first-order valence-corrected chi connectivity index (χ1v) is 7.99. The van der Waals surface area contributed by atoms with Gasteiger partial charge in [0.05, 0.1) is 0 Å². The third-order valence-corrected chi connectivity index (χ3v) is 4.45. The van der Waals surface area contributed by atoms with Gasteiger partial charge in [-0.15, -0.1) is 0 Å². The van der Waals surface area contributed by atoms with Gasteiger partial charge < -0.3 is 11.1 Å². The molecule has 0 bridgehead atoms. The summed E-state index contributed by atoms with van der Waals surface area (Å²) in [5, 5.41) is 4.07. The molecule has 0 radical (unpaired) electrons. The monoisotopic (exact) mass is 309 g/mol. The third-order valence-electron chi connectivity index (χ3n) is 4.09. The Morgan fingerprint density at radius 1 is 1.52 bits per heavy atom. The van der Waals surface area contributed by atoms with E-state index < -0.39 is 5.91 Å². The maximum absolute atomic E-state index is 11.2. The first-order valence-electron chi connectivity index (χ1n) is 7.61. The Bertz CT molecular complexity index is 486. The zero-order valence-electron chi connectivity index (χ0n) is 12.6. The summed E-state index contributed by atoms with van der Waals surface area (Å²) in [4.78, 5) is 13.6. The highest BCUT2D eigenvalue weighted by atomic mass is 35.5. The molecule has 1 aliphatic rings. The fraction of sp³-hybridized carbons (Fsp3) is 0.562. The number of nitrogens with zero attached hydrogens (tertiary/aromatic N) is 1. The normalized spacial score (nSPS) is 18.9. The van der Waals surface area contributed by atoms with Crippen molar-refractivity contribution >= 4 is 17.5 Å². The minimum Gasteiger partial charge on any atom is -0.366 e. The van der Waals surface area contributed by atoms with E-state index in [0.29, 0.717) is 16.5 Å². The molecule has 0 saturated carbocycles. The van der Waals surface area contributed by atoms with Gasteiger partial charge >= 0.3 is 0 Å². The predicted octanol–water partition coefficient (Wildman–Crippen LogP) is 2.26. The number of benzene rings is 1. The average Bonchev–Trinajstić information content (AvgIpc) is 2.49. The van der Waals surface area contributed by atoms with Gasteiger partial charge in [-0.1, -0.05) is 24.6 Å². The van der Waals surface area contributed by atoms with Gasteiger partial charge in [-0.05, 0) is 56.1 Å². The number of hydrogen-bond acceptors (Lipinski definition) is 3. The molecule has 1 fully saturated rings. The minimum absolute atomic E-state index is 0.441. The predicted molar refractivity (Wildman–Crippen MR) is 86.5 cm³/mol. The van der Waals surface area contributed by atoms with Crippen LogP contribution in [-0.4, -0.2) is 37.0 Å². The molecule has 1 heterocycles. The van der Waals surface area contributed by atoms with Crippen molar-refractivity contribution in [2.75, 3.05) is 26.2 Å². The molecule has 2 rings (SSSR count). The second kappa shape index (κ2) is 7.78. The van der Waals surface area contributed by atoms with E-state index in [1.807, 2.05) is 6.07 Å². The summed E-state index contributed by atoms with van der Waals surface area (Å²) < 4.78 is 0. The molecule has 0 aliphatic carbocycles. The van der Waals surface area contributed by atoms with E-state index in [2.05, 4.69) is 17.1 Å². The number of carbonyl (C=O) groups is 1. The molecule has 4 nitrogen and oxygen atoms in total. The lowest BCUT2D eigenvalue weighted by Crippen LogP contribution is -2.38. The first-order chi connectivity index (χ1) is 10.1. The van der Waals surface area contributed by atoms with Crippen molar-refractivity contribution in [1.82, 2.24) is 10.2 Å². The van der Waals surface area contributed by atoms with Gasteiger partial charge in [0.25, 0.3) is 0 Å². The molecule has 116 valence electrons. The summed E-state index contributed by atoms with van der Waals surface area (Å²) in [5.41, 5.74) is 6.78. The molecule has 1 aromatic rings. The van der Waals surface area contributed by atoms with Crippen LogP contribution in [0.25, 0.3) is 0 Å². The summed E-state index contributed by atoms with van der Waals surface area (Å²) in [5.74, 6) is 0.270. The summed E-state index contributed by atoms with van der Waals surface area (Å²) >= 11 is 6.27. The summed E-state index contributed by atoms with van der Waals surface area (Å²) in [7, 11) is 0. The molecule has 1 aromatic carbocycles. The highest BCUT2D eigenvalue weighted by molar-refractivity contribution is 6.31. The standard InChI is InChI=1S/C16H24ClN3O/c1-2-20(10-12-4-3-7-19-9-12)11-14-6-5-13(16(18)21)8-15(14)17/h5-6,8,12,19H,2-4,7,9-11H2,1H3,(H2,18,21). The number of amides is 1. The van der Waals surface area contributed by atoms with Gasteiger partial charge in [0, 0.05) is 23.7 Å². The molecule has 1 unspecified atom stereocenters. The van der Waals surface area contributed by atoms with E-state index in [1.165, 1.54) is 12.8 Å². The molecule has 1 saturated heterocycles. The molecule has 0 spiro atoms. The quantitative estimate of drug-likeness (QED) is 0.847. The molecule has 3 N–H and O–H groups in total. The largest absolute Gasteiger partial charge is 0.366 e. The molecule has 5 heteroatoms. The first kappa shape index (κ1) is 16.3. The second-order valence-corrected chi connectivity index (χ2v) is 6.12. The molecular formula is C16H24ClN3O. The van der Waals surface area contributed by atoms with Crippen molar-refractivity contribution in [3.05, 3.63) is 34.3 Å². The van der Waals surface area contributed by atoms with Gasteiger partial charge in [0.15, 0.2) is 0 Å². The van der Waals surface area contributed by atoms with E-state index in [4.69, 9.17) is 17.3 Å². The van der Waals surface area contributed by atoms with Crippen LogP contribution < -0.4 is 11.1 Å². The van der Waals surface area contributed by atoms with Gasteiger partial charge in [-0.2, -0.15) is 0 Å². The van der Waals surface area contributed by atoms with Crippen LogP contribution >= 0.6 is 11.6 Å². The summed E-state index contributed by atoms with van der Waals surface area (Å²) in [6.07, 6.45) is 2.55. The Morgan fingerprint density at radius 3 is 2.90 bits per heavy atom. The van der Waals surface area contributed by atoms with Crippen LogP contribution in [0, 0.1) is 5.92 Å². The van der Waals surface area contributed by atoms with E-state index in [1.54, 1.807) is 12.1 Å². The number of rotatable bonds is 6. The van der Waals surface area contributed by atoms with Crippen LogP contribution in [-0.2, 0) is 6.54 Å². The van der Waals surface area contributed by atoms with Gasteiger partial charge in [0.1, 0.15) is 0 Å². The maximum atomic E-state index is 11.2. The van der Waals surface area contributed by atoms with Crippen LogP contribution in [0.3, 0.4) is 0 Å². The Labute approximate surface area is 131 Å². The fourth-order valence-electron chi connectivity index (χ4n) is 2.82. The molecule has 1 amide bonds. The fourth-order valence-corrected chi connectivity index (χ4v) is 3.06. The number of nitrogens with one attached hydrogen (secondary N) is 1. The second-order valence-electron chi connectivity index (χ2n) is 5.71. The number of nitrogens with two attached hydrogens (primary N) is 1. The van der Waals surface area contributed by atoms with Crippen LogP contribution in [0.4, 0.5) is 0 Å². The molecule has 0 aromatic heterocycles. The van der Waals surface area contributed by atoms with E-state index in [9.17, 15) is 4.79 Å². The number of primary amides is 1. The third kappa shape index (κ3) is 4.70. The Balaban J connectivity index is 1.99. The number of halogens is 1. The van der Waals surface area contributed by atoms with Crippen molar-refractivity contribution in [3.8, 4) is 0 Å². The Hall–Kier alpha value is -1.10. The van der Waals surface area contributed by atoms with Crippen LogP contribution in [0.2, 0.25) is 5.02 Å². The lowest BCUT2D eigenvalue weighted by atomic mass is 9.99. The molecule has 1 aliphatic heterocycles. The highest BCUT2D eigenvalue weighted by Crippen LogP contribution is 2.21. The maximum Gasteiger partial charge on any atom is 0.248 e. The van der Waals surface area contributed by atoms with Gasteiger partial charge in [0.2, 0.25) is 5.91 Å². The highest BCUT2D eigenvalue weighted by Gasteiger charge is 2.17. The zero-order valence-corrected chi connectivity index (χ0v) is 13.3. The Kier molecular flexibility index (Phi) is 6.03. The van der Waals surface area contributed by atoms with Crippen molar-refractivity contribution in [2.45, 2.75) is 26.3 Å². The molecular weight excluding hydrogens is 286 g/mol. The van der Waals surface area contributed by atoms with Gasteiger partial charge in [-0.25, -0.2) is 0 Å². The number of carbonyl (C=O) groups excluding carboxylic acids is 1. The summed E-state index contributed by atoms with van der Waals surface area (Å²) in [6.45, 7) is 7.29. The van der Waals surface area contributed by atoms with Gasteiger partial charge in [-0.3, -0.25) is 9.69 Å². The van der Waals surface area contributed by atoms with Crippen molar-refractivity contribution in [2.24, 2.45) is 11.7 Å². The molecule has 21 heavy (non-hydrogen) atoms. The van der Waals surface area contributed by atoms with Crippen molar-refractivity contribution < 1.29 is 4.79 Å². The number of hydrogen-bond donors (Lipinski definition) is 2. The molecule has 1 atom stereocenters. The summed E-state index contributed by atoms with van der Waals surface area (Å²) in [6, 6.07) is 5.32. The van der Waals surface area contributed by atoms with E-state index >= 15 is 0 Å². The zero-order chi connectivity index (χ0) is 15.2. The minimum atomic E-state index is -0.441.